The SMILES string of the molecule is N=Nc1cc(/C=C/c2cnc(Nc3ccc(S(=O)(=O)C4CCNCC4)cc3)nc2)ccc1N. The van der Waals surface area contributed by atoms with Gasteiger partial charge in [0.1, 0.15) is 5.69 Å². The van der Waals surface area contributed by atoms with Crippen molar-refractivity contribution in [1.29, 1.82) is 5.53 Å². The largest absolute Gasteiger partial charge is 0.397 e. The minimum Gasteiger partial charge on any atom is -0.397 e. The van der Waals surface area contributed by atoms with Gasteiger partial charge < -0.3 is 16.4 Å². The van der Waals surface area contributed by atoms with Crippen LogP contribution in [0.5, 0.6) is 0 Å². The Bertz CT molecular complexity index is 1250. The average Bonchev–Trinajstić information content (AvgIpc) is 2.85. The van der Waals surface area contributed by atoms with E-state index in [0.29, 0.717) is 40.7 Å². The van der Waals surface area contributed by atoms with E-state index in [1.165, 1.54) is 0 Å². The Kier molecular flexibility index (Phi) is 6.76. The molecule has 1 aliphatic heterocycles. The molecule has 0 spiro atoms. The number of rotatable bonds is 7. The van der Waals surface area contributed by atoms with Gasteiger partial charge in [0.2, 0.25) is 5.95 Å². The second-order valence-corrected chi connectivity index (χ2v) is 9.98. The summed E-state index contributed by atoms with van der Waals surface area (Å²) in [6.45, 7) is 1.46. The molecule has 10 heteroatoms. The lowest BCUT2D eigenvalue weighted by Gasteiger charge is -2.22. The molecule has 9 nitrogen and oxygen atoms in total. The average molecular weight is 464 g/mol. The molecule has 5 N–H and O–H groups in total. The molecular weight excluding hydrogens is 438 g/mol. The zero-order valence-corrected chi connectivity index (χ0v) is 18.7. The van der Waals surface area contributed by atoms with Gasteiger partial charge in [0.25, 0.3) is 0 Å². The van der Waals surface area contributed by atoms with Gasteiger partial charge in [-0.2, -0.15) is 5.11 Å². The first-order valence-electron chi connectivity index (χ1n) is 10.5. The quantitative estimate of drug-likeness (QED) is 0.304. The first-order valence-corrected chi connectivity index (χ1v) is 12.1. The molecule has 1 fully saturated rings. The molecule has 0 amide bonds. The Morgan fingerprint density at radius 3 is 2.36 bits per heavy atom. The molecule has 3 aromatic rings. The molecule has 0 aliphatic carbocycles. The molecule has 2 heterocycles. The highest BCUT2D eigenvalue weighted by Gasteiger charge is 2.28. The third kappa shape index (κ3) is 5.41. The number of hydrogen-bond donors (Lipinski definition) is 4. The van der Waals surface area contributed by atoms with Crippen LogP contribution in [0.1, 0.15) is 24.0 Å². The van der Waals surface area contributed by atoms with Gasteiger partial charge in [-0.3, -0.25) is 0 Å². The van der Waals surface area contributed by atoms with Crippen LogP contribution in [0.3, 0.4) is 0 Å². The van der Waals surface area contributed by atoms with Crippen molar-refractivity contribution < 1.29 is 8.42 Å². The first kappa shape index (κ1) is 22.6. The van der Waals surface area contributed by atoms with Gasteiger partial charge in [-0.1, -0.05) is 18.2 Å². The van der Waals surface area contributed by atoms with Crippen LogP contribution in [0, 0.1) is 5.53 Å². The van der Waals surface area contributed by atoms with E-state index < -0.39 is 9.84 Å². The fourth-order valence-corrected chi connectivity index (χ4v) is 5.35. The predicted octanol–water partition coefficient (Wildman–Crippen LogP) is 4.16. The lowest BCUT2D eigenvalue weighted by molar-refractivity contribution is 0.496. The highest BCUT2D eigenvalue weighted by atomic mass is 32.2. The third-order valence-corrected chi connectivity index (χ3v) is 7.76. The van der Waals surface area contributed by atoms with Crippen LogP contribution in [0.15, 0.2) is 64.9 Å². The van der Waals surface area contributed by atoms with E-state index in [-0.39, 0.29) is 5.25 Å². The molecule has 33 heavy (non-hydrogen) atoms. The number of aromatic nitrogens is 2. The van der Waals surface area contributed by atoms with Gasteiger partial charge >= 0.3 is 0 Å². The maximum atomic E-state index is 12.8. The summed E-state index contributed by atoms with van der Waals surface area (Å²) in [4.78, 5) is 8.96. The van der Waals surface area contributed by atoms with E-state index >= 15 is 0 Å². The molecule has 4 rings (SSSR count). The normalized spacial score (nSPS) is 14.9. The number of sulfone groups is 1. The molecule has 0 unspecified atom stereocenters. The Balaban J connectivity index is 1.40. The van der Waals surface area contributed by atoms with Crippen molar-refractivity contribution in [2.45, 2.75) is 23.0 Å². The van der Waals surface area contributed by atoms with Crippen molar-refractivity contribution in [2.24, 2.45) is 5.11 Å². The summed E-state index contributed by atoms with van der Waals surface area (Å²) < 4.78 is 25.6. The Labute approximate surface area is 192 Å². The van der Waals surface area contributed by atoms with E-state index in [1.807, 2.05) is 18.2 Å². The number of nitrogens with one attached hydrogen (secondary N) is 3. The zero-order valence-electron chi connectivity index (χ0n) is 17.9. The maximum Gasteiger partial charge on any atom is 0.227 e. The molecule has 170 valence electrons. The maximum absolute atomic E-state index is 12.8. The summed E-state index contributed by atoms with van der Waals surface area (Å²) in [6, 6.07) is 12.0. The number of piperidine rings is 1. The Morgan fingerprint density at radius 2 is 1.70 bits per heavy atom. The van der Waals surface area contributed by atoms with Crippen LogP contribution in [0.4, 0.5) is 23.0 Å². The molecule has 0 atom stereocenters. The van der Waals surface area contributed by atoms with Gasteiger partial charge in [-0.05, 0) is 67.9 Å². The Morgan fingerprint density at radius 1 is 1.03 bits per heavy atom. The third-order valence-electron chi connectivity index (χ3n) is 5.48. The molecule has 0 saturated carbocycles. The summed E-state index contributed by atoms with van der Waals surface area (Å²) in [6.07, 6.45) is 8.33. The van der Waals surface area contributed by atoms with E-state index in [9.17, 15) is 8.42 Å². The van der Waals surface area contributed by atoms with Crippen molar-refractivity contribution in [1.82, 2.24) is 15.3 Å². The van der Waals surface area contributed by atoms with Gasteiger partial charge in [0.15, 0.2) is 9.84 Å². The number of nitrogens with zero attached hydrogens (tertiary/aromatic N) is 3. The fraction of sp³-hybridized carbons (Fsp3) is 0.217. The van der Waals surface area contributed by atoms with Crippen LogP contribution in [0.2, 0.25) is 0 Å². The van der Waals surface area contributed by atoms with Gasteiger partial charge in [0, 0.05) is 23.6 Å². The van der Waals surface area contributed by atoms with Crippen LogP contribution in [0.25, 0.3) is 12.2 Å². The van der Waals surface area contributed by atoms with E-state index in [4.69, 9.17) is 11.3 Å². The minimum atomic E-state index is -3.32. The van der Waals surface area contributed by atoms with Crippen LogP contribution in [-0.4, -0.2) is 36.7 Å². The number of hydrogen-bond acceptors (Lipinski definition) is 9. The van der Waals surface area contributed by atoms with Gasteiger partial charge in [-0.25, -0.2) is 23.9 Å². The second-order valence-electron chi connectivity index (χ2n) is 7.75. The van der Waals surface area contributed by atoms with Crippen molar-refractivity contribution in [3.05, 3.63) is 66.0 Å². The topological polar surface area (TPSA) is 146 Å². The van der Waals surface area contributed by atoms with Gasteiger partial charge in [0.05, 0.1) is 15.8 Å². The fourth-order valence-electron chi connectivity index (χ4n) is 3.60. The number of benzene rings is 2. The summed E-state index contributed by atoms with van der Waals surface area (Å²) >= 11 is 0. The Hall–Kier alpha value is -3.63. The highest BCUT2D eigenvalue weighted by Crippen LogP contribution is 2.25. The lowest BCUT2D eigenvalue weighted by Crippen LogP contribution is -2.35. The number of nitrogen functional groups attached to an aromatic ring is 1. The molecule has 0 bridgehead atoms. The second kappa shape index (κ2) is 9.88. The molecule has 1 aliphatic rings. The van der Waals surface area contributed by atoms with Crippen LogP contribution in [-0.2, 0) is 9.84 Å². The summed E-state index contributed by atoms with van der Waals surface area (Å²) in [7, 11) is -3.32. The van der Waals surface area contributed by atoms with Crippen LogP contribution >= 0.6 is 0 Å². The highest BCUT2D eigenvalue weighted by molar-refractivity contribution is 7.92. The van der Waals surface area contributed by atoms with E-state index in [0.717, 1.165) is 24.2 Å². The predicted molar refractivity (Wildman–Crippen MR) is 129 cm³/mol. The molecular formula is C23H25N7O2S. The van der Waals surface area contributed by atoms with Crippen molar-refractivity contribution in [2.75, 3.05) is 24.1 Å². The van der Waals surface area contributed by atoms with E-state index in [1.54, 1.807) is 48.8 Å². The smallest absolute Gasteiger partial charge is 0.227 e. The molecule has 1 aromatic heterocycles. The van der Waals surface area contributed by atoms with E-state index in [2.05, 4.69) is 25.7 Å². The summed E-state index contributed by atoms with van der Waals surface area (Å²) in [5.41, 5.74) is 16.1. The molecule has 1 saturated heterocycles. The zero-order chi connectivity index (χ0) is 23.3. The molecule has 2 aromatic carbocycles. The number of nitrogens with two attached hydrogens (primary N) is 1. The first-order chi connectivity index (χ1) is 16.0. The minimum absolute atomic E-state index is 0.331. The van der Waals surface area contributed by atoms with Crippen LogP contribution < -0.4 is 16.4 Å². The number of anilines is 3. The molecule has 0 radical (unpaired) electrons. The summed E-state index contributed by atoms with van der Waals surface area (Å²) in [5, 5.41) is 9.35. The standard InChI is InChI=1S/C23H25N7O2S/c24-21-8-3-16(13-22(21)30-25)1-2-17-14-27-23(28-15-17)29-18-4-6-19(7-5-18)33(31,32)20-9-11-26-12-10-20/h1-8,13-15,20,25-26H,9-12,24H2,(H,27,28,29)/b2-1+,30-25?. The van der Waals surface area contributed by atoms with Gasteiger partial charge in [-0.15, -0.1) is 0 Å². The monoisotopic (exact) mass is 463 g/mol. The van der Waals surface area contributed by atoms with Crippen molar-refractivity contribution in [3.63, 3.8) is 0 Å². The summed E-state index contributed by atoms with van der Waals surface area (Å²) in [5.74, 6) is 0.406. The van der Waals surface area contributed by atoms with Crippen molar-refractivity contribution in [3.8, 4) is 0 Å². The van der Waals surface area contributed by atoms with Crippen molar-refractivity contribution >= 4 is 45.0 Å². The lowest BCUT2D eigenvalue weighted by atomic mass is 10.1.